The van der Waals surface area contributed by atoms with Crippen LogP contribution in [0.3, 0.4) is 0 Å². The maximum absolute atomic E-state index is 11.9. The Morgan fingerprint density at radius 1 is 1.24 bits per heavy atom. The Bertz CT molecular complexity index is 639. The third kappa shape index (κ3) is 7.13. The highest BCUT2D eigenvalue weighted by Crippen LogP contribution is 2.18. The maximum atomic E-state index is 11.9. The molecule has 8 heteroatoms. The smallest absolute Gasteiger partial charge is 0.340 e. The Hall–Kier alpha value is -2.74. The van der Waals surface area contributed by atoms with Crippen molar-refractivity contribution in [1.29, 1.82) is 0 Å². The molecule has 0 fully saturated rings. The van der Waals surface area contributed by atoms with Gasteiger partial charge in [0.2, 0.25) is 0 Å². The molecule has 2 unspecified atom stereocenters. The van der Waals surface area contributed by atoms with E-state index in [0.717, 1.165) is 0 Å². The first-order valence-corrected chi connectivity index (χ1v) is 7.65. The Morgan fingerprint density at radius 2 is 1.84 bits per heavy atom. The lowest BCUT2D eigenvalue weighted by Crippen LogP contribution is -2.27. The van der Waals surface area contributed by atoms with E-state index in [1.165, 1.54) is 31.2 Å². The van der Waals surface area contributed by atoms with Gasteiger partial charge in [0, 0.05) is 24.1 Å². The van der Waals surface area contributed by atoms with Crippen molar-refractivity contribution in [2.45, 2.75) is 39.4 Å². The van der Waals surface area contributed by atoms with Crippen molar-refractivity contribution in [3.63, 3.8) is 0 Å². The molecule has 25 heavy (non-hydrogen) atoms. The van der Waals surface area contributed by atoms with E-state index in [-0.39, 0.29) is 24.1 Å². The van der Waals surface area contributed by atoms with Crippen molar-refractivity contribution in [2.24, 2.45) is 0 Å². The number of esters is 2. The SMILES string of the molecule is C=C(C)C(=O)OC(C)CCOC(C)C(=O)Oc1ccc([N+](=O)[O-])cc1. The molecule has 0 aromatic heterocycles. The molecule has 0 amide bonds. The highest BCUT2D eigenvalue weighted by Gasteiger charge is 2.18. The van der Waals surface area contributed by atoms with E-state index in [1.54, 1.807) is 13.8 Å². The summed E-state index contributed by atoms with van der Waals surface area (Å²) in [5.74, 6) is -0.909. The zero-order valence-electron chi connectivity index (χ0n) is 14.4. The standard InChI is InChI=1S/C17H21NO7/c1-11(2)16(19)24-12(3)9-10-23-13(4)17(20)25-15-7-5-14(6-8-15)18(21)22/h5-8,12-13H,1,9-10H2,2-4H3. The third-order valence-corrected chi connectivity index (χ3v) is 3.15. The number of carbonyl (C=O) groups excluding carboxylic acids is 2. The van der Waals surface area contributed by atoms with Gasteiger partial charge in [-0.05, 0) is 32.9 Å². The molecule has 0 aliphatic carbocycles. The van der Waals surface area contributed by atoms with Crippen molar-refractivity contribution >= 4 is 17.6 Å². The van der Waals surface area contributed by atoms with Gasteiger partial charge in [-0.3, -0.25) is 10.1 Å². The highest BCUT2D eigenvalue weighted by molar-refractivity contribution is 5.87. The number of ether oxygens (including phenoxy) is 3. The van der Waals surface area contributed by atoms with Crippen molar-refractivity contribution in [1.82, 2.24) is 0 Å². The molecule has 0 aliphatic rings. The molecule has 0 N–H and O–H groups in total. The van der Waals surface area contributed by atoms with Gasteiger partial charge >= 0.3 is 11.9 Å². The second-order valence-electron chi connectivity index (χ2n) is 5.47. The molecule has 136 valence electrons. The summed E-state index contributed by atoms with van der Waals surface area (Å²) in [6.45, 7) is 8.48. The molecule has 0 radical (unpaired) electrons. The number of non-ortho nitro benzene ring substituents is 1. The van der Waals surface area contributed by atoms with Crippen LogP contribution in [0.5, 0.6) is 5.75 Å². The molecule has 1 rings (SSSR count). The Morgan fingerprint density at radius 3 is 2.36 bits per heavy atom. The van der Waals surface area contributed by atoms with Gasteiger partial charge in [0.1, 0.15) is 11.9 Å². The number of carbonyl (C=O) groups is 2. The van der Waals surface area contributed by atoms with E-state index in [0.29, 0.717) is 12.0 Å². The first-order chi connectivity index (χ1) is 11.7. The average molecular weight is 351 g/mol. The summed E-state index contributed by atoms with van der Waals surface area (Å²) in [6, 6.07) is 5.15. The topological polar surface area (TPSA) is 105 Å². The molecular formula is C17H21NO7. The van der Waals surface area contributed by atoms with Crippen molar-refractivity contribution in [2.75, 3.05) is 6.61 Å². The van der Waals surface area contributed by atoms with Crippen LogP contribution in [-0.2, 0) is 19.1 Å². The van der Waals surface area contributed by atoms with Gasteiger partial charge in [-0.15, -0.1) is 0 Å². The fraction of sp³-hybridized carbons (Fsp3) is 0.412. The maximum Gasteiger partial charge on any atom is 0.340 e. The lowest BCUT2D eigenvalue weighted by Gasteiger charge is -2.16. The summed E-state index contributed by atoms with van der Waals surface area (Å²) in [4.78, 5) is 33.3. The number of hydrogen-bond donors (Lipinski definition) is 0. The fourth-order valence-electron chi connectivity index (χ4n) is 1.66. The second kappa shape index (κ2) is 9.53. The minimum absolute atomic E-state index is 0.0950. The lowest BCUT2D eigenvalue weighted by atomic mass is 10.3. The zero-order chi connectivity index (χ0) is 19.0. The number of nitro groups is 1. The molecule has 1 aromatic carbocycles. The molecule has 0 saturated heterocycles. The molecule has 0 heterocycles. The van der Waals surface area contributed by atoms with Gasteiger partial charge in [0.15, 0.2) is 6.10 Å². The second-order valence-corrected chi connectivity index (χ2v) is 5.47. The summed E-state index contributed by atoms with van der Waals surface area (Å²) in [6.07, 6.45) is -0.796. The van der Waals surface area contributed by atoms with E-state index in [1.807, 2.05) is 0 Å². The molecule has 8 nitrogen and oxygen atoms in total. The fourth-order valence-corrected chi connectivity index (χ4v) is 1.66. The summed E-state index contributed by atoms with van der Waals surface area (Å²) in [7, 11) is 0. The van der Waals surface area contributed by atoms with Crippen molar-refractivity contribution < 1.29 is 28.7 Å². The van der Waals surface area contributed by atoms with E-state index in [4.69, 9.17) is 14.2 Å². The first-order valence-electron chi connectivity index (χ1n) is 7.65. The van der Waals surface area contributed by atoms with Gasteiger partial charge in [0.05, 0.1) is 11.5 Å². The first kappa shape index (κ1) is 20.3. The number of benzene rings is 1. The Balaban J connectivity index is 2.37. The van der Waals surface area contributed by atoms with Crippen LogP contribution >= 0.6 is 0 Å². The number of rotatable bonds is 9. The minimum atomic E-state index is -0.834. The third-order valence-electron chi connectivity index (χ3n) is 3.15. The monoisotopic (exact) mass is 351 g/mol. The summed E-state index contributed by atoms with van der Waals surface area (Å²) >= 11 is 0. The average Bonchev–Trinajstić information content (AvgIpc) is 2.54. The number of hydrogen-bond acceptors (Lipinski definition) is 7. The normalized spacial score (nSPS) is 12.8. The van der Waals surface area contributed by atoms with Crippen LogP contribution in [0.25, 0.3) is 0 Å². The van der Waals surface area contributed by atoms with Gasteiger partial charge < -0.3 is 14.2 Å². The van der Waals surface area contributed by atoms with Gasteiger partial charge in [0.25, 0.3) is 5.69 Å². The molecule has 0 aliphatic heterocycles. The quantitative estimate of drug-likeness (QED) is 0.221. The molecule has 0 bridgehead atoms. The van der Waals surface area contributed by atoms with Crippen LogP contribution in [0.4, 0.5) is 5.69 Å². The van der Waals surface area contributed by atoms with Crippen LogP contribution in [0.1, 0.15) is 27.2 Å². The Kier molecular flexibility index (Phi) is 7.74. The van der Waals surface area contributed by atoms with Gasteiger partial charge in [-0.25, -0.2) is 9.59 Å². The molecule has 1 aromatic rings. The van der Waals surface area contributed by atoms with Crippen LogP contribution in [-0.4, -0.2) is 35.7 Å². The predicted octanol–water partition coefficient (Wildman–Crippen LogP) is 2.80. The minimum Gasteiger partial charge on any atom is -0.459 e. The van der Waals surface area contributed by atoms with E-state index in [2.05, 4.69) is 6.58 Å². The highest BCUT2D eigenvalue weighted by atomic mass is 16.6. The van der Waals surface area contributed by atoms with Crippen LogP contribution in [0, 0.1) is 10.1 Å². The lowest BCUT2D eigenvalue weighted by molar-refractivity contribution is -0.384. The predicted molar refractivity (Wildman–Crippen MR) is 89.1 cm³/mol. The number of nitro benzene ring substituents is 1. The largest absolute Gasteiger partial charge is 0.459 e. The number of nitrogens with zero attached hydrogens (tertiary/aromatic N) is 1. The summed E-state index contributed by atoms with van der Waals surface area (Å²) in [5.41, 5.74) is 0.218. The van der Waals surface area contributed by atoms with E-state index in [9.17, 15) is 19.7 Å². The molecular weight excluding hydrogens is 330 g/mol. The molecule has 0 spiro atoms. The van der Waals surface area contributed by atoms with E-state index >= 15 is 0 Å². The van der Waals surface area contributed by atoms with E-state index < -0.39 is 23.0 Å². The Labute approximate surface area is 145 Å². The zero-order valence-corrected chi connectivity index (χ0v) is 14.4. The van der Waals surface area contributed by atoms with Crippen molar-refractivity contribution in [3.05, 3.63) is 46.5 Å². The summed E-state index contributed by atoms with van der Waals surface area (Å²) in [5, 5.41) is 10.6. The molecule has 2 atom stereocenters. The van der Waals surface area contributed by atoms with Crippen LogP contribution in [0.15, 0.2) is 36.4 Å². The van der Waals surface area contributed by atoms with Gasteiger partial charge in [-0.1, -0.05) is 6.58 Å². The molecule has 0 saturated carbocycles. The van der Waals surface area contributed by atoms with Gasteiger partial charge in [-0.2, -0.15) is 0 Å². The summed E-state index contributed by atoms with van der Waals surface area (Å²) < 4.78 is 15.5. The van der Waals surface area contributed by atoms with Crippen LogP contribution in [0.2, 0.25) is 0 Å². The van der Waals surface area contributed by atoms with Crippen molar-refractivity contribution in [3.8, 4) is 5.75 Å². The van der Waals surface area contributed by atoms with Crippen LogP contribution < -0.4 is 4.74 Å².